The summed E-state index contributed by atoms with van der Waals surface area (Å²) in [5.41, 5.74) is 2.64. The summed E-state index contributed by atoms with van der Waals surface area (Å²) in [6.07, 6.45) is 2.78. The summed E-state index contributed by atoms with van der Waals surface area (Å²) in [4.78, 5) is 19.1. The second-order valence-electron chi connectivity index (χ2n) is 5.85. The van der Waals surface area contributed by atoms with Crippen molar-refractivity contribution >= 4 is 17.2 Å². The van der Waals surface area contributed by atoms with Gasteiger partial charge in [-0.2, -0.15) is 0 Å². The van der Waals surface area contributed by atoms with Crippen molar-refractivity contribution < 1.29 is 0 Å². The molecule has 0 saturated heterocycles. The molecule has 1 aromatic carbocycles. The van der Waals surface area contributed by atoms with Gasteiger partial charge in [-0.05, 0) is 42.8 Å². The summed E-state index contributed by atoms with van der Waals surface area (Å²) in [6.45, 7) is 4.55. The zero-order valence-corrected chi connectivity index (χ0v) is 14.4. The van der Waals surface area contributed by atoms with Gasteiger partial charge in [0, 0.05) is 30.4 Å². The van der Waals surface area contributed by atoms with Gasteiger partial charge in [-0.15, -0.1) is 0 Å². The van der Waals surface area contributed by atoms with Gasteiger partial charge >= 0.3 is 0 Å². The minimum Gasteiger partial charge on any atom is -0.293 e. The predicted molar refractivity (Wildman–Crippen MR) is 97.3 cm³/mol. The van der Waals surface area contributed by atoms with E-state index in [9.17, 15) is 4.79 Å². The Kier molecular flexibility index (Phi) is 5.28. The standard InChI is InChI=1S/C19H20ClN3O/c1-2-10-22(13-15-6-8-16(20)9-7-15)14-17-12-19(24)23-11-4-3-5-18(23)21-17/h3-9,11-12H,2,10,13-14H2,1H3. The topological polar surface area (TPSA) is 37.6 Å². The third-order valence-corrected chi connectivity index (χ3v) is 4.12. The highest BCUT2D eigenvalue weighted by atomic mass is 35.5. The molecule has 0 spiro atoms. The van der Waals surface area contributed by atoms with Crippen LogP contribution in [0.3, 0.4) is 0 Å². The fourth-order valence-electron chi connectivity index (χ4n) is 2.79. The fourth-order valence-corrected chi connectivity index (χ4v) is 2.92. The van der Waals surface area contributed by atoms with Crippen LogP contribution in [0.2, 0.25) is 5.02 Å². The highest BCUT2D eigenvalue weighted by Crippen LogP contribution is 2.13. The number of nitrogens with zero attached hydrogens (tertiary/aromatic N) is 3. The Labute approximate surface area is 146 Å². The molecule has 4 nitrogen and oxygen atoms in total. The van der Waals surface area contributed by atoms with Crippen molar-refractivity contribution in [3.8, 4) is 0 Å². The summed E-state index contributed by atoms with van der Waals surface area (Å²) in [5.74, 6) is 0. The normalized spacial score (nSPS) is 11.3. The maximum atomic E-state index is 12.2. The lowest BCUT2D eigenvalue weighted by Gasteiger charge is -2.21. The number of halogens is 1. The lowest BCUT2D eigenvalue weighted by Crippen LogP contribution is -2.26. The van der Waals surface area contributed by atoms with Crippen molar-refractivity contribution in [3.05, 3.63) is 81.4 Å². The molecule has 0 saturated carbocycles. The first-order valence-electron chi connectivity index (χ1n) is 8.10. The fraction of sp³-hybridized carbons (Fsp3) is 0.263. The first kappa shape index (κ1) is 16.7. The van der Waals surface area contributed by atoms with Crippen LogP contribution in [0.5, 0.6) is 0 Å². The van der Waals surface area contributed by atoms with Gasteiger partial charge in [0.25, 0.3) is 5.56 Å². The molecular weight excluding hydrogens is 322 g/mol. The van der Waals surface area contributed by atoms with Crippen molar-refractivity contribution in [2.75, 3.05) is 6.54 Å². The van der Waals surface area contributed by atoms with E-state index in [-0.39, 0.29) is 5.56 Å². The van der Waals surface area contributed by atoms with Gasteiger partial charge in [-0.3, -0.25) is 14.1 Å². The average molecular weight is 342 g/mol. The third-order valence-electron chi connectivity index (χ3n) is 3.87. The molecule has 2 aromatic heterocycles. The van der Waals surface area contributed by atoms with E-state index in [1.165, 1.54) is 5.56 Å². The van der Waals surface area contributed by atoms with Crippen LogP contribution in [0.4, 0.5) is 0 Å². The maximum absolute atomic E-state index is 12.2. The quantitative estimate of drug-likeness (QED) is 0.685. The van der Waals surface area contributed by atoms with E-state index in [4.69, 9.17) is 11.6 Å². The molecular formula is C19H20ClN3O. The molecule has 24 heavy (non-hydrogen) atoms. The van der Waals surface area contributed by atoms with Crippen LogP contribution in [-0.4, -0.2) is 20.8 Å². The second kappa shape index (κ2) is 7.60. The van der Waals surface area contributed by atoms with Gasteiger partial charge in [0.15, 0.2) is 0 Å². The largest absolute Gasteiger partial charge is 0.293 e. The molecule has 0 aliphatic carbocycles. The van der Waals surface area contributed by atoms with Crippen LogP contribution in [0, 0.1) is 0 Å². The van der Waals surface area contributed by atoms with Crippen LogP contribution < -0.4 is 5.56 Å². The molecule has 5 heteroatoms. The third kappa shape index (κ3) is 4.02. The van der Waals surface area contributed by atoms with Gasteiger partial charge in [-0.25, -0.2) is 4.98 Å². The van der Waals surface area contributed by atoms with Crippen molar-refractivity contribution in [1.29, 1.82) is 0 Å². The summed E-state index contributed by atoms with van der Waals surface area (Å²) >= 11 is 5.95. The summed E-state index contributed by atoms with van der Waals surface area (Å²) < 4.78 is 1.56. The minimum absolute atomic E-state index is 0.0430. The molecule has 124 valence electrons. The summed E-state index contributed by atoms with van der Waals surface area (Å²) in [7, 11) is 0. The van der Waals surface area contributed by atoms with Gasteiger partial charge in [0.05, 0.1) is 5.69 Å². The van der Waals surface area contributed by atoms with E-state index in [1.54, 1.807) is 16.7 Å². The highest BCUT2D eigenvalue weighted by molar-refractivity contribution is 6.30. The van der Waals surface area contributed by atoms with Crippen molar-refractivity contribution in [2.24, 2.45) is 0 Å². The minimum atomic E-state index is -0.0430. The van der Waals surface area contributed by atoms with Crippen molar-refractivity contribution in [1.82, 2.24) is 14.3 Å². The molecule has 0 aliphatic rings. The van der Waals surface area contributed by atoms with E-state index < -0.39 is 0 Å². The van der Waals surface area contributed by atoms with Crippen LogP contribution in [0.1, 0.15) is 24.6 Å². The van der Waals surface area contributed by atoms with Gasteiger partial charge in [0.1, 0.15) is 5.65 Å². The van der Waals surface area contributed by atoms with E-state index in [2.05, 4.69) is 16.8 Å². The van der Waals surface area contributed by atoms with Crippen LogP contribution >= 0.6 is 11.6 Å². The van der Waals surface area contributed by atoms with Crippen molar-refractivity contribution in [3.63, 3.8) is 0 Å². The number of benzene rings is 1. The summed E-state index contributed by atoms with van der Waals surface area (Å²) in [5, 5.41) is 0.741. The van der Waals surface area contributed by atoms with Crippen LogP contribution in [0.25, 0.3) is 5.65 Å². The monoisotopic (exact) mass is 341 g/mol. The molecule has 0 unspecified atom stereocenters. The predicted octanol–water partition coefficient (Wildman–Crippen LogP) is 3.76. The number of rotatable bonds is 6. The molecule has 2 heterocycles. The Morgan fingerprint density at radius 1 is 1.12 bits per heavy atom. The lowest BCUT2D eigenvalue weighted by molar-refractivity contribution is 0.254. The molecule has 0 atom stereocenters. The Morgan fingerprint density at radius 3 is 2.67 bits per heavy atom. The van der Waals surface area contributed by atoms with Gasteiger partial charge in [-0.1, -0.05) is 36.7 Å². The summed E-state index contributed by atoms with van der Waals surface area (Å²) in [6, 6.07) is 15.1. The number of pyridine rings is 1. The second-order valence-corrected chi connectivity index (χ2v) is 6.29. The van der Waals surface area contributed by atoms with E-state index >= 15 is 0 Å². The molecule has 3 rings (SSSR count). The zero-order chi connectivity index (χ0) is 16.9. The number of hydrogen-bond acceptors (Lipinski definition) is 3. The van der Waals surface area contributed by atoms with E-state index in [0.29, 0.717) is 12.2 Å². The molecule has 0 radical (unpaired) electrons. The molecule has 0 fully saturated rings. The number of aromatic nitrogens is 2. The van der Waals surface area contributed by atoms with Gasteiger partial charge in [0.2, 0.25) is 0 Å². The first-order valence-corrected chi connectivity index (χ1v) is 8.47. The van der Waals surface area contributed by atoms with E-state index in [0.717, 1.165) is 30.2 Å². The number of fused-ring (bicyclic) bond motifs is 1. The smallest absolute Gasteiger partial charge is 0.258 e. The Hall–Kier alpha value is -2.17. The molecule has 0 amide bonds. The Balaban J connectivity index is 1.82. The average Bonchev–Trinajstić information content (AvgIpc) is 2.57. The Bertz CT molecular complexity index is 874. The number of hydrogen-bond donors (Lipinski definition) is 0. The molecule has 0 N–H and O–H groups in total. The van der Waals surface area contributed by atoms with Crippen LogP contribution in [-0.2, 0) is 13.1 Å². The van der Waals surface area contributed by atoms with Crippen LogP contribution in [0.15, 0.2) is 59.5 Å². The lowest BCUT2D eigenvalue weighted by atomic mass is 10.2. The van der Waals surface area contributed by atoms with E-state index in [1.807, 2.05) is 42.5 Å². The maximum Gasteiger partial charge on any atom is 0.258 e. The van der Waals surface area contributed by atoms with Crippen molar-refractivity contribution in [2.45, 2.75) is 26.4 Å². The zero-order valence-electron chi connectivity index (χ0n) is 13.7. The molecule has 0 bridgehead atoms. The molecule has 3 aromatic rings. The SMILES string of the molecule is CCCN(Cc1ccc(Cl)cc1)Cc1cc(=O)n2ccccc2n1. The molecule has 0 aliphatic heterocycles. The Morgan fingerprint density at radius 2 is 1.92 bits per heavy atom. The highest BCUT2D eigenvalue weighted by Gasteiger charge is 2.09. The first-order chi connectivity index (χ1) is 11.7. The van der Waals surface area contributed by atoms with Gasteiger partial charge < -0.3 is 0 Å².